The van der Waals surface area contributed by atoms with Gasteiger partial charge in [-0.15, -0.1) is 0 Å². The SMILES string of the molecule is CCCCCCCCCCCC(=O)NC[C@H]1OC(O[C@@H]2[C@@H](O)[C@H](N=C(N)N)C[C@H](N=C(N)N)[C@H]2O[C@H]2O[C@H](CN=C(N)N)[C@@H](O)[C@H](O)[C@H]2N=C(N)N)[C@H](O)[C@@H]1O[C@@H]1[C@H](N=C(N)N)[C@H](O)[C@@H](CN=C(N)N)O[C@@H]1O. The standard InChI is InChI=1S/C41H81N19O13/c1-2-3-4-5-6-7-8-9-10-11-21(61)54-15-20-30(71-31-22(59-40(50)51)25(63)18(68-33(31)67)13-55-36(42)43)28(66)35(70-20)73-32-24(62)16(57-38(46)47)12-17(58-39(48)49)29(32)72-34-23(60-41(52)53)27(65)26(64)19(69-34)14-56-37(44)45/h16-20,22-35,62-67H,2-15H2,1H3,(H,54,61)(H4,42,43,55)(H4,44,45,56)(H4,46,47,57)(H4,48,49,58)(H4,50,51,59)(H4,52,53,60)/t16-,17+,18-,19-,20-,22-,23-,24+,25-,26-,27-,28-,29-,30-,31-,32-,33+,34-,35?/m1/s1. The number of unbranched alkanes of at least 4 members (excludes halogenated alkanes) is 8. The number of guanidine groups is 6. The highest BCUT2D eigenvalue weighted by Gasteiger charge is 2.56. The number of ether oxygens (including phenoxy) is 6. The van der Waals surface area contributed by atoms with Gasteiger partial charge >= 0.3 is 0 Å². The van der Waals surface area contributed by atoms with E-state index >= 15 is 0 Å². The molecule has 4 aliphatic rings. The van der Waals surface area contributed by atoms with Crippen LogP contribution in [0.5, 0.6) is 0 Å². The third-order valence-electron chi connectivity index (χ3n) is 12.6. The first-order chi connectivity index (χ1) is 34.5. The summed E-state index contributed by atoms with van der Waals surface area (Å²) in [4.78, 5) is 37.6. The van der Waals surface area contributed by atoms with Crippen molar-refractivity contribution in [2.45, 2.75) is 194 Å². The Morgan fingerprint density at radius 2 is 1.00 bits per heavy atom. The first-order valence-corrected chi connectivity index (χ1v) is 24.3. The van der Waals surface area contributed by atoms with Gasteiger partial charge in [-0.1, -0.05) is 58.3 Å². The summed E-state index contributed by atoms with van der Waals surface area (Å²) in [6.45, 7) is 1.13. The molecular formula is C41H81N19O13. The maximum absolute atomic E-state index is 13.3. The molecule has 1 saturated carbocycles. The van der Waals surface area contributed by atoms with Crippen LogP contribution in [0.25, 0.3) is 0 Å². The number of rotatable bonds is 26. The highest BCUT2D eigenvalue weighted by Crippen LogP contribution is 2.38. The van der Waals surface area contributed by atoms with Crippen molar-refractivity contribution in [3.05, 3.63) is 0 Å². The highest BCUT2D eigenvalue weighted by atomic mass is 16.7. The quantitative estimate of drug-likeness (QED) is 0.0217. The van der Waals surface area contributed by atoms with Crippen LogP contribution in [0.1, 0.15) is 77.6 Å². The minimum atomic E-state index is -1.90. The van der Waals surface area contributed by atoms with E-state index in [0.717, 1.165) is 38.5 Å². The molecule has 0 aromatic heterocycles. The zero-order valence-electron chi connectivity index (χ0n) is 41.0. The minimum absolute atomic E-state index is 0.163. The molecule has 1 amide bonds. The summed E-state index contributed by atoms with van der Waals surface area (Å²) >= 11 is 0. The number of nitrogens with one attached hydrogen (secondary N) is 1. The summed E-state index contributed by atoms with van der Waals surface area (Å²) in [7, 11) is 0. The molecule has 0 radical (unpaired) electrons. The number of hydrogen-bond acceptors (Lipinski definition) is 19. The largest absolute Gasteiger partial charge is 0.388 e. The van der Waals surface area contributed by atoms with Crippen LogP contribution in [0.15, 0.2) is 30.0 Å². The lowest BCUT2D eigenvalue weighted by Crippen LogP contribution is -2.64. The molecule has 31 N–H and O–H groups in total. The lowest BCUT2D eigenvalue weighted by Gasteiger charge is -2.47. The lowest BCUT2D eigenvalue weighted by atomic mass is 9.83. The number of amides is 1. The van der Waals surface area contributed by atoms with Gasteiger partial charge in [0, 0.05) is 13.0 Å². The first-order valence-electron chi connectivity index (χ1n) is 24.3. The van der Waals surface area contributed by atoms with E-state index in [9.17, 15) is 35.4 Å². The van der Waals surface area contributed by atoms with Crippen LogP contribution in [-0.4, -0.2) is 208 Å². The van der Waals surface area contributed by atoms with Crippen molar-refractivity contribution in [2.75, 3.05) is 19.6 Å². The van der Waals surface area contributed by atoms with E-state index in [1.54, 1.807) is 0 Å². The van der Waals surface area contributed by atoms with Gasteiger partial charge in [-0.2, -0.15) is 0 Å². The Labute approximate surface area is 422 Å². The normalized spacial score (nSPS) is 35.2. The van der Waals surface area contributed by atoms with Gasteiger partial charge in [0.2, 0.25) is 5.91 Å². The fraction of sp³-hybridized carbons (Fsp3) is 0.829. The predicted octanol–water partition coefficient (Wildman–Crippen LogP) is -8.96. The molecule has 3 heterocycles. The first kappa shape index (κ1) is 60.2. The zero-order chi connectivity index (χ0) is 54.1. The van der Waals surface area contributed by atoms with E-state index in [2.05, 4.69) is 42.2 Å². The Morgan fingerprint density at radius 1 is 0.493 bits per heavy atom. The topological polar surface area (TPSA) is 592 Å². The molecule has 3 saturated heterocycles. The number of nitrogens with zero attached hydrogens (tertiary/aromatic N) is 6. The molecule has 32 heteroatoms. The third-order valence-corrected chi connectivity index (χ3v) is 12.6. The lowest BCUT2D eigenvalue weighted by molar-refractivity contribution is -0.306. The van der Waals surface area contributed by atoms with Gasteiger partial charge in [0.25, 0.3) is 0 Å². The van der Waals surface area contributed by atoms with Gasteiger partial charge in [-0.3, -0.25) is 14.8 Å². The van der Waals surface area contributed by atoms with Crippen LogP contribution in [0.3, 0.4) is 0 Å². The molecule has 3 aliphatic heterocycles. The molecule has 0 spiro atoms. The second-order valence-corrected chi connectivity index (χ2v) is 18.4. The monoisotopic (exact) mass is 1050 g/mol. The summed E-state index contributed by atoms with van der Waals surface area (Å²) in [5.41, 5.74) is 68.3. The van der Waals surface area contributed by atoms with Gasteiger partial charge < -0.3 is 133 Å². The summed E-state index contributed by atoms with van der Waals surface area (Å²) < 4.78 is 37.2. The number of hydrogen-bond donors (Lipinski definition) is 19. The molecule has 418 valence electrons. The maximum atomic E-state index is 13.3. The zero-order valence-corrected chi connectivity index (χ0v) is 41.0. The van der Waals surface area contributed by atoms with Crippen molar-refractivity contribution >= 4 is 41.7 Å². The predicted molar refractivity (Wildman–Crippen MR) is 266 cm³/mol. The van der Waals surface area contributed by atoms with Crippen molar-refractivity contribution in [1.82, 2.24) is 5.32 Å². The van der Waals surface area contributed by atoms with E-state index in [4.69, 9.17) is 97.2 Å². The smallest absolute Gasteiger partial charge is 0.220 e. The average Bonchev–Trinajstić information content (AvgIpc) is 3.60. The minimum Gasteiger partial charge on any atom is -0.388 e. The number of aliphatic hydroxyl groups is 6. The maximum Gasteiger partial charge on any atom is 0.220 e. The van der Waals surface area contributed by atoms with Crippen LogP contribution in [-0.2, 0) is 33.2 Å². The van der Waals surface area contributed by atoms with Crippen molar-refractivity contribution in [2.24, 2.45) is 98.8 Å². The van der Waals surface area contributed by atoms with E-state index in [-0.39, 0.29) is 50.3 Å². The van der Waals surface area contributed by atoms with Crippen molar-refractivity contribution < 1.29 is 63.9 Å². The number of aliphatic imine (C=N–C) groups is 6. The van der Waals surface area contributed by atoms with Crippen molar-refractivity contribution in [3.8, 4) is 0 Å². The molecule has 0 aromatic carbocycles. The Hall–Kier alpha value is -5.39. The van der Waals surface area contributed by atoms with Gasteiger partial charge in [0.15, 0.2) is 54.6 Å². The Bertz CT molecular complexity index is 1900. The molecule has 1 unspecified atom stereocenters. The molecule has 4 rings (SSSR count). The van der Waals surface area contributed by atoms with Crippen LogP contribution in [0.4, 0.5) is 0 Å². The van der Waals surface area contributed by atoms with Crippen LogP contribution in [0.2, 0.25) is 0 Å². The Morgan fingerprint density at radius 3 is 1.56 bits per heavy atom. The van der Waals surface area contributed by atoms with Gasteiger partial charge in [0.1, 0.15) is 85.3 Å². The molecule has 1 aliphatic carbocycles. The van der Waals surface area contributed by atoms with Crippen LogP contribution < -0.4 is 74.1 Å². The van der Waals surface area contributed by atoms with Crippen LogP contribution in [0, 0.1) is 0 Å². The van der Waals surface area contributed by atoms with Gasteiger partial charge in [-0.05, 0) is 12.8 Å². The Kier molecular flexibility index (Phi) is 23.8. The summed E-state index contributed by atoms with van der Waals surface area (Å²) in [6.07, 6.45) is -15.4. The van der Waals surface area contributed by atoms with E-state index in [1.807, 2.05) is 0 Å². The third kappa shape index (κ3) is 17.9. The number of carbonyl (C=O) groups is 1. The fourth-order valence-electron chi connectivity index (χ4n) is 9.08. The highest BCUT2D eigenvalue weighted by molar-refractivity contribution is 5.78. The second-order valence-electron chi connectivity index (χ2n) is 18.4. The number of carbonyl (C=O) groups excluding carboxylic acids is 1. The van der Waals surface area contributed by atoms with Gasteiger partial charge in [0.05, 0.1) is 25.2 Å². The molecular weight excluding hydrogens is 967 g/mol. The number of aliphatic hydroxyl groups excluding tert-OH is 6. The van der Waals surface area contributed by atoms with E-state index in [0.29, 0.717) is 6.42 Å². The number of nitrogens with two attached hydrogens (primary N) is 12. The summed E-state index contributed by atoms with van der Waals surface area (Å²) in [5, 5.41) is 72.2. The molecule has 32 nitrogen and oxygen atoms in total. The van der Waals surface area contributed by atoms with Crippen molar-refractivity contribution in [1.29, 1.82) is 0 Å². The summed E-state index contributed by atoms with van der Waals surface area (Å²) in [5.74, 6) is -3.06. The van der Waals surface area contributed by atoms with Crippen LogP contribution >= 0.6 is 0 Å². The van der Waals surface area contributed by atoms with E-state index in [1.165, 1.54) is 12.8 Å². The van der Waals surface area contributed by atoms with E-state index < -0.39 is 140 Å². The molecule has 4 fully saturated rings. The Balaban J connectivity index is 1.72. The molecule has 73 heavy (non-hydrogen) atoms. The molecule has 0 aromatic rings. The van der Waals surface area contributed by atoms with Crippen molar-refractivity contribution in [3.63, 3.8) is 0 Å². The molecule has 19 atom stereocenters. The fourth-order valence-corrected chi connectivity index (χ4v) is 9.08. The summed E-state index contributed by atoms with van der Waals surface area (Å²) in [6, 6.07) is -5.50. The average molecular weight is 1050 g/mol. The second kappa shape index (κ2) is 28.9. The molecule has 0 bridgehead atoms. The van der Waals surface area contributed by atoms with Gasteiger partial charge in [-0.25, -0.2) is 20.0 Å².